The van der Waals surface area contributed by atoms with Crippen molar-refractivity contribution in [1.82, 2.24) is 0 Å². The zero-order valence-corrected chi connectivity index (χ0v) is 19.2. The van der Waals surface area contributed by atoms with Crippen molar-refractivity contribution in [2.45, 2.75) is 25.7 Å². The quantitative estimate of drug-likeness (QED) is 0.339. The Morgan fingerprint density at radius 2 is 1.79 bits per heavy atom. The summed E-state index contributed by atoms with van der Waals surface area (Å²) < 4.78 is 20.7. The fourth-order valence-corrected chi connectivity index (χ4v) is 4.26. The van der Waals surface area contributed by atoms with Crippen LogP contribution in [0.2, 0.25) is 0 Å². The lowest BCUT2D eigenvalue weighted by Gasteiger charge is -2.40. The van der Waals surface area contributed by atoms with Crippen LogP contribution in [-0.4, -0.2) is 50.7 Å². The van der Waals surface area contributed by atoms with Crippen molar-refractivity contribution in [2.75, 3.05) is 31.8 Å². The molecule has 2 N–H and O–H groups in total. The van der Waals surface area contributed by atoms with Crippen molar-refractivity contribution in [3.8, 4) is 0 Å². The molecular weight excluding hydrogens is 444 g/mol. The van der Waals surface area contributed by atoms with Crippen LogP contribution in [0.5, 0.6) is 0 Å². The van der Waals surface area contributed by atoms with Gasteiger partial charge in [-0.15, -0.1) is 6.58 Å². The predicted octanol–water partition coefficient (Wildman–Crippen LogP) is 1.60. The van der Waals surface area contributed by atoms with E-state index in [9.17, 15) is 19.2 Å². The molecule has 0 saturated carbocycles. The summed E-state index contributed by atoms with van der Waals surface area (Å²) >= 11 is 0. The molecule has 180 valence electrons. The van der Waals surface area contributed by atoms with Crippen LogP contribution >= 0.6 is 0 Å². The Kier molecular flexibility index (Phi) is 7.09. The molecule has 0 aromatic heterocycles. The van der Waals surface area contributed by atoms with Crippen molar-refractivity contribution in [1.29, 1.82) is 0 Å². The summed E-state index contributed by atoms with van der Waals surface area (Å²) in [6.45, 7) is 7.17. The lowest BCUT2D eigenvalue weighted by molar-refractivity contribution is -0.148. The van der Waals surface area contributed by atoms with Crippen molar-refractivity contribution >= 4 is 29.6 Å². The van der Waals surface area contributed by atoms with Gasteiger partial charge >= 0.3 is 23.9 Å². The molecule has 0 bridgehead atoms. The van der Waals surface area contributed by atoms with Crippen molar-refractivity contribution in [3.05, 3.63) is 65.2 Å². The van der Waals surface area contributed by atoms with E-state index in [1.807, 2.05) is 0 Å². The number of cyclic esters (lactones) is 1. The highest BCUT2D eigenvalue weighted by atomic mass is 16.6. The maximum atomic E-state index is 13.7. The van der Waals surface area contributed by atoms with Crippen LogP contribution in [0.25, 0.3) is 0 Å². The number of nitrogens with two attached hydrogens (primary N) is 1. The van der Waals surface area contributed by atoms with Gasteiger partial charge in [0.25, 0.3) is 0 Å². The number of hydrogen-bond acceptors (Lipinski definition) is 10. The molecule has 0 saturated heterocycles. The minimum absolute atomic E-state index is 0.0315. The molecule has 10 heteroatoms. The van der Waals surface area contributed by atoms with E-state index in [2.05, 4.69) is 6.58 Å². The molecule has 1 spiro atoms. The van der Waals surface area contributed by atoms with Gasteiger partial charge < -0.3 is 29.6 Å². The zero-order valence-electron chi connectivity index (χ0n) is 19.2. The molecule has 0 amide bonds. The average Bonchev–Trinajstić information content (AvgIpc) is 3.08. The van der Waals surface area contributed by atoms with Crippen LogP contribution in [0, 0.1) is 0 Å². The molecule has 0 fully saturated rings. The van der Waals surface area contributed by atoms with Crippen molar-refractivity contribution < 1.29 is 38.1 Å². The number of methoxy groups -OCH3 is 1. The van der Waals surface area contributed by atoms with Crippen LogP contribution in [0.15, 0.2) is 59.6 Å². The molecule has 10 nitrogen and oxygen atoms in total. The van der Waals surface area contributed by atoms with Crippen LogP contribution in [-0.2, 0) is 43.5 Å². The van der Waals surface area contributed by atoms with E-state index in [1.165, 1.54) is 0 Å². The number of hydrogen-bond donors (Lipinski definition) is 1. The number of carbonyl (C=O) groups excluding carboxylic acids is 4. The van der Waals surface area contributed by atoms with Crippen LogP contribution in [0.4, 0.5) is 5.69 Å². The number of rotatable bonds is 8. The van der Waals surface area contributed by atoms with Gasteiger partial charge in [-0.05, 0) is 19.9 Å². The molecule has 0 radical (unpaired) electrons. The second-order valence-corrected chi connectivity index (χ2v) is 7.31. The highest BCUT2D eigenvalue weighted by molar-refractivity contribution is 6.16. The first-order valence-electron chi connectivity index (χ1n) is 10.6. The summed E-state index contributed by atoms with van der Waals surface area (Å²) in [5.74, 6) is -3.99. The maximum Gasteiger partial charge on any atom is 0.339 e. The van der Waals surface area contributed by atoms with Gasteiger partial charge in [0.15, 0.2) is 5.41 Å². The van der Waals surface area contributed by atoms with Crippen LogP contribution < -0.4 is 10.6 Å². The minimum Gasteiger partial charge on any atom is -0.466 e. The minimum atomic E-state index is -2.11. The molecule has 1 aromatic carbocycles. The Morgan fingerprint density at radius 1 is 1.12 bits per heavy atom. The third-order valence-corrected chi connectivity index (χ3v) is 5.49. The molecule has 3 rings (SSSR count). The van der Waals surface area contributed by atoms with Crippen molar-refractivity contribution in [2.24, 2.45) is 5.73 Å². The van der Waals surface area contributed by atoms with E-state index in [0.717, 1.165) is 7.11 Å². The van der Waals surface area contributed by atoms with Crippen LogP contribution in [0.1, 0.15) is 25.8 Å². The first-order valence-corrected chi connectivity index (χ1v) is 10.6. The van der Waals surface area contributed by atoms with E-state index in [-0.39, 0.29) is 48.0 Å². The summed E-state index contributed by atoms with van der Waals surface area (Å²) in [7, 11) is 1.13. The largest absolute Gasteiger partial charge is 0.466 e. The molecule has 2 aliphatic rings. The van der Waals surface area contributed by atoms with Gasteiger partial charge in [-0.1, -0.05) is 24.3 Å². The number of anilines is 1. The Bertz CT molecular complexity index is 1120. The van der Waals surface area contributed by atoms with Gasteiger partial charge in [-0.25, -0.2) is 14.4 Å². The lowest BCUT2D eigenvalue weighted by Crippen LogP contribution is -2.50. The number of fused-ring (bicyclic) bond motifs is 2. The molecule has 2 heterocycles. The standard InChI is InChI=1S/C24H26N2O8/c1-5-12-26-15-11-9-8-10-14(15)24(19(20(26)25)21(28)31-4)18(22(29)33-7-3)16(34-23(24)30)13-17(27)32-6-2/h5,8-11H,1,6-7,12-13,25H2,2-4H3/t24-/m1/s1. The second-order valence-electron chi connectivity index (χ2n) is 7.31. The van der Waals surface area contributed by atoms with E-state index in [1.54, 1.807) is 49.1 Å². The number of carbonyl (C=O) groups is 4. The van der Waals surface area contributed by atoms with Gasteiger partial charge in [0, 0.05) is 17.8 Å². The van der Waals surface area contributed by atoms with E-state index in [0.29, 0.717) is 5.69 Å². The third kappa shape index (κ3) is 3.70. The van der Waals surface area contributed by atoms with E-state index >= 15 is 0 Å². The van der Waals surface area contributed by atoms with Gasteiger partial charge in [0.1, 0.15) is 29.1 Å². The number of benzene rings is 1. The zero-order chi connectivity index (χ0) is 25.0. The lowest BCUT2D eigenvalue weighted by atomic mass is 9.66. The first-order chi connectivity index (χ1) is 16.3. The van der Waals surface area contributed by atoms with Gasteiger partial charge in [-0.2, -0.15) is 0 Å². The van der Waals surface area contributed by atoms with E-state index < -0.39 is 35.7 Å². The van der Waals surface area contributed by atoms with Gasteiger partial charge in [-0.3, -0.25) is 4.79 Å². The molecule has 34 heavy (non-hydrogen) atoms. The fraction of sp³-hybridized carbons (Fsp3) is 0.333. The highest BCUT2D eigenvalue weighted by Gasteiger charge is 2.64. The number of para-hydroxylation sites is 1. The molecule has 2 aliphatic heterocycles. The summed E-state index contributed by atoms with van der Waals surface area (Å²) in [4.78, 5) is 53.9. The topological polar surface area (TPSA) is 134 Å². The first kappa shape index (κ1) is 24.6. The predicted molar refractivity (Wildman–Crippen MR) is 120 cm³/mol. The Hall–Kier alpha value is -4.08. The van der Waals surface area contributed by atoms with Crippen LogP contribution in [0.3, 0.4) is 0 Å². The smallest absolute Gasteiger partial charge is 0.339 e. The monoisotopic (exact) mass is 470 g/mol. The summed E-state index contributed by atoms with van der Waals surface area (Å²) in [6, 6.07) is 6.62. The summed E-state index contributed by atoms with van der Waals surface area (Å²) in [5.41, 5.74) is 4.38. The Labute approximate surface area is 196 Å². The SMILES string of the molecule is C=CCN1C(N)=C(C(=O)OC)[C@@]2(C(=O)OC(CC(=O)OCC)=C2C(=O)OCC)c2ccccc21. The highest BCUT2D eigenvalue weighted by Crippen LogP contribution is 2.54. The molecule has 0 unspecified atom stereocenters. The van der Waals surface area contributed by atoms with E-state index in [4.69, 9.17) is 24.7 Å². The Balaban J connectivity index is 2.44. The third-order valence-electron chi connectivity index (χ3n) is 5.49. The Morgan fingerprint density at radius 3 is 2.41 bits per heavy atom. The molecular formula is C24H26N2O8. The summed E-state index contributed by atoms with van der Waals surface area (Å²) in [5, 5.41) is 0. The molecule has 1 aromatic rings. The number of esters is 4. The molecule has 0 aliphatic carbocycles. The summed E-state index contributed by atoms with van der Waals surface area (Å²) in [6.07, 6.45) is 1.04. The molecule has 1 atom stereocenters. The maximum absolute atomic E-state index is 13.7. The van der Waals surface area contributed by atoms with Gasteiger partial charge in [0.05, 0.1) is 20.3 Å². The normalized spacial score (nSPS) is 19.0. The average molecular weight is 470 g/mol. The van der Waals surface area contributed by atoms with Gasteiger partial charge in [0.2, 0.25) is 0 Å². The number of ether oxygens (including phenoxy) is 4. The number of nitrogens with zero attached hydrogens (tertiary/aromatic N) is 1. The second kappa shape index (κ2) is 9.82. The van der Waals surface area contributed by atoms with Crippen molar-refractivity contribution in [3.63, 3.8) is 0 Å². The fourth-order valence-electron chi connectivity index (χ4n) is 4.26.